The maximum atomic E-state index is 13.2. The fourth-order valence-corrected chi connectivity index (χ4v) is 3.48. The van der Waals surface area contributed by atoms with E-state index >= 15 is 0 Å². The summed E-state index contributed by atoms with van der Waals surface area (Å²) in [5.41, 5.74) is 1.55. The minimum atomic E-state index is -0.333. The molecule has 0 amide bonds. The van der Waals surface area contributed by atoms with Crippen molar-refractivity contribution >= 4 is 42.8 Å². The Bertz CT molecular complexity index is 1190. The van der Waals surface area contributed by atoms with Crippen molar-refractivity contribution in [3.63, 3.8) is 0 Å². The van der Waals surface area contributed by atoms with E-state index in [1.54, 1.807) is 12.1 Å². The summed E-state index contributed by atoms with van der Waals surface area (Å²) >= 11 is 6.72. The minimum absolute atomic E-state index is 0.210. The highest BCUT2D eigenvalue weighted by atomic mass is 79.9. The van der Waals surface area contributed by atoms with Crippen molar-refractivity contribution < 1.29 is 8.91 Å². The van der Waals surface area contributed by atoms with Gasteiger partial charge in [0.15, 0.2) is 0 Å². The predicted molar refractivity (Wildman–Crippen MR) is 102 cm³/mol. The fourth-order valence-electron chi connectivity index (χ4n) is 2.61. The third-order valence-corrected chi connectivity index (χ3v) is 5.10. The number of aromatic amines is 1. The standard InChI is InChI=1S/C18H10Br2FN3O2/c19-11-2-4-15-10(5-11)6-13(18(25)22-15)17-23-16(26-24-17)7-9-1-3-12(21)8-14(9)20/h1-6,8H,7H2,(H,22,25). The first kappa shape index (κ1) is 17.1. The van der Waals surface area contributed by atoms with Crippen LogP contribution in [-0.2, 0) is 6.42 Å². The largest absolute Gasteiger partial charge is 0.339 e. The number of nitrogens with zero attached hydrogens (tertiary/aromatic N) is 2. The summed E-state index contributed by atoms with van der Waals surface area (Å²) in [6.45, 7) is 0. The molecule has 130 valence electrons. The van der Waals surface area contributed by atoms with Gasteiger partial charge in [0.2, 0.25) is 11.7 Å². The summed E-state index contributed by atoms with van der Waals surface area (Å²) in [5.74, 6) is 0.211. The molecule has 0 radical (unpaired) electrons. The first-order valence-electron chi connectivity index (χ1n) is 7.59. The maximum absolute atomic E-state index is 13.2. The SMILES string of the molecule is O=c1[nH]c2ccc(Br)cc2cc1-c1noc(Cc2ccc(F)cc2Br)n1. The second-order valence-electron chi connectivity index (χ2n) is 5.67. The lowest BCUT2D eigenvalue weighted by molar-refractivity contribution is 0.385. The highest BCUT2D eigenvalue weighted by Crippen LogP contribution is 2.23. The fraction of sp³-hybridized carbons (Fsp3) is 0.0556. The molecule has 0 fully saturated rings. The van der Waals surface area contributed by atoms with Gasteiger partial charge in [-0.3, -0.25) is 4.79 Å². The highest BCUT2D eigenvalue weighted by molar-refractivity contribution is 9.10. The zero-order chi connectivity index (χ0) is 18.3. The van der Waals surface area contributed by atoms with Crippen LogP contribution in [-0.4, -0.2) is 15.1 Å². The van der Waals surface area contributed by atoms with Crippen molar-refractivity contribution in [1.82, 2.24) is 15.1 Å². The lowest BCUT2D eigenvalue weighted by Gasteiger charge is -2.01. The van der Waals surface area contributed by atoms with E-state index in [1.165, 1.54) is 12.1 Å². The smallest absolute Gasteiger partial charge is 0.259 e. The average molecular weight is 479 g/mol. The van der Waals surface area contributed by atoms with Crippen LogP contribution < -0.4 is 5.56 Å². The van der Waals surface area contributed by atoms with Gasteiger partial charge in [0.05, 0.1) is 12.0 Å². The van der Waals surface area contributed by atoms with E-state index in [0.717, 1.165) is 20.9 Å². The minimum Gasteiger partial charge on any atom is -0.339 e. The van der Waals surface area contributed by atoms with E-state index in [4.69, 9.17) is 4.52 Å². The molecule has 2 heterocycles. The van der Waals surface area contributed by atoms with Gasteiger partial charge in [0.25, 0.3) is 5.56 Å². The monoisotopic (exact) mass is 477 g/mol. The number of hydrogen-bond donors (Lipinski definition) is 1. The molecule has 1 N–H and O–H groups in total. The van der Waals surface area contributed by atoms with E-state index < -0.39 is 0 Å². The van der Waals surface area contributed by atoms with Crippen molar-refractivity contribution in [3.05, 3.63) is 79.0 Å². The van der Waals surface area contributed by atoms with E-state index in [1.807, 2.05) is 18.2 Å². The van der Waals surface area contributed by atoms with Crippen LogP contribution in [0.3, 0.4) is 0 Å². The molecule has 0 aliphatic heterocycles. The van der Waals surface area contributed by atoms with Crippen LogP contribution in [0, 0.1) is 5.82 Å². The summed E-state index contributed by atoms with van der Waals surface area (Å²) < 4.78 is 20.0. The van der Waals surface area contributed by atoms with Crippen LogP contribution in [0.15, 0.2) is 60.7 Å². The van der Waals surface area contributed by atoms with Crippen molar-refractivity contribution in [3.8, 4) is 11.4 Å². The van der Waals surface area contributed by atoms with Gasteiger partial charge < -0.3 is 9.51 Å². The number of benzene rings is 2. The normalized spacial score (nSPS) is 11.2. The van der Waals surface area contributed by atoms with E-state index in [0.29, 0.717) is 22.3 Å². The number of pyridine rings is 1. The molecule has 8 heteroatoms. The van der Waals surface area contributed by atoms with Crippen molar-refractivity contribution in [1.29, 1.82) is 0 Å². The number of aromatic nitrogens is 3. The number of fused-ring (bicyclic) bond motifs is 1. The number of nitrogens with one attached hydrogen (secondary N) is 1. The molecule has 0 aliphatic rings. The summed E-state index contributed by atoms with van der Waals surface area (Å²) in [5, 5.41) is 4.76. The van der Waals surface area contributed by atoms with Crippen LogP contribution in [0.4, 0.5) is 4.39 Å². The number of H-pyrrole nitrogens is 1. The van der Waals surface area contributed by atoms with E-state index in [2.05, 4.69) is 47.0 Å². The molecule has 5 nitrogen and oxygen atoms in total. The Morgan fingerprint density at radius 3 is 2.77 bits per heavy atom. The second kappa shape index (κ2) is 6.77. The number of rotatable bonds is 3. The highest BCUT2D eigenvalue weighted by Gasteiger charge is 2.15. The number of hydrogen-bond acceptors (Lipinski definition) is 4. The average Bonchev–Trinajstić information content (AvgIpc) is 3.05. The summed E-state index contributed by atoms with van der Waals surface area (Å²) in [7, 11) is 0. The third kappa shape index (κ3) is 3.34. The van der Waals surface area contributed by atoms with Crippen LogP contribution in [0.1, 0.15) is 11.5 Å². The molecule has 0 unspecified atom stereocenters. The Hall–Kier alpha value is -2.32. The summed E-state index contributed by atoms with van der Waals surface area (Å²) in [4.78, 5) is 19.5. The topological polar surface area (TPSA) is 71.8 Å². The van der Waals surface area contributed by atoms with Crippen LogP contribution in [0.25, 0.3) is 22.3 Å². The molecule has 0 spiro atoms. The molecule has 2 aromatic carbocycles. The van der Waals surface area contributed by atoms with Gasteiger partial charge in [-0.15, -0.1) is 0 Å². The molecule has 2 aromatic heterocycles. The molecule has 26 heavy (non-hydrogen) atoms. The van der Waals surface area contributed by atoms with Gasteiger partial charge in [-0.2, -0.15) is 4.98 Å². The zero-order valence-electron chi connectivity index (χ0n) is 13.1. The lowest BCUT2D eigenvalue weighted by atomic mass is 10.1. The Labute approximate surface area is 163 Å². The Balaban J connectivity index is 1.70. The molecule has 0 saturated heterocycles. The molecular weight excluding hydrogens is 469 g/mol. The molecule has 4 aromatic rings. The van der Waals surface area contributed by atoms with Gasteiger partial charge >= 0.3 is 0 Å². The van der Waals surface area contributed by atoms with E-state index in [9.17, 15) is 9.18 Å². The maximum Gasteiger partial charge on any atom is 0.259 e. The zero-order valence-corrected chi connectivity index (χ0v) is 16.3. The van der Waals surface area contributed by atoms with Gasteiger partial charge in [0, 0.05) is 19.8 Å². The van der Waals surface area contributed by atoms with Gasteiger partial charge in [-0.05, 0) is 42.0 Å². The van der Waals surface area contributed by atoms with Crippen molar-refractivity contribution in [2.45, 2.75) is 6.42 Å². The number of halogens is 3. The quantitative estimate of drug-likeness (QED) is 0.457. The predicted octanol–water partition coefficient (Wildman–Crippen LogP) is 4.83. The van der Waals surface area contributed by atoms with E-state index in [-0.39, 0.29) is 17.2 Å². The first-order valence-corrected chi connectivity index (χ1v) is 9.18. The second-order valence-corrected chi connectivity index (χ2v) is 7.44. The molecule has 0 atom stereocenters. The molecule has 4 rings (SSSR count). The van der Waals surface area contributed by atoms with Gasteiger partial charge in [-0.25, -0.2) is 4.39 Å². The van der Waals surface area contributed by atoms with Crippen LogP contribution in [0.2, 0.25) is 0 Å². The van der Waals surface area contributed by atoms with Crippen molar-refractivity contribution in [2.75, 3.05) is 0 Å². The summed E-state index contributed by atoms with van der Waals surface area (Å²) in [6, 6.07) is 11.7. The summed E-state index contributed by atoms with van der Waals surface area (Å²) in [6.07, 6.45) is 0.324. The Morgan fingerprint density at radius 2 is 1.96 bits per heavy atom. The molecule has 0 bridgehead atoms. The first-order chi connectivity index (χ1) is 12.5. The van der Waals surface area contributed by atoms with Crippen molar-refractivity contribution in [2.24, 2.45) is 0 Å². The van der Waals surface area contributed by atoms with Gasteiger partial charge in [-0.1, -0.05) is 43.1 Å². The Morgan fingerprint density at radius 1 is 1.12 bits per heavy atom. The lowest BCUT2D eigenvalue weighted by Crippen LogP contribution is -2.09. The van der Waals surface area contributed by atoms with Gasteiger partial charge in [0.1, 0.15) is 5.82 Å². The Kier molecular flexibility index (Phi) is 4.46. The van der Waals surface area contributed by atoms with Crippen LogP contribution >= 0.6 is 31.9 Å². The molecule has 0 saturated carbocycles. The third-order valence-electron chi connectivity index (χ3n) is 3.87. The molecular formula is C18H10Br2FN3O2. The molecule has 0 aliphatic carbocycles. The van der Waals surface area contributed by atoms with Crippen LogP contribution in [0.5, 0.6) is 0 Å².